The van der Waals surface area contributed by atoms with Gasteiger partial charge < -0.3 is 4.74 Å². The molecule has 1 spiro atoms. The smallest absolute Gasteiger partial charge is 0.140 e. The molecule has 0 unspecified atom stereocenters. The van der Waals surface area contributed by atoms with Crippen molar-refractivity contribution in [3.8, 4) is 44.9 Å². The van der Waals surface area contributed by atoms with E-state index < -0.39 is 10.8 Å². The van der Waals surface area contributed by atoms with Gasteiger partial charge in [0.05, 0.1) is 10.8 Å². The lowest BCUT2D eigenvalue weighted by atomic mass is 9.63. The van der Waals surface area contributed by atoms with Gasteiger partial charge in [0.1, 0.15) is 11.5 Å². The first kappa shape index (κ1) is 30.5. The van der Waals surface area contributed by atoms with E-state index >= 15 is 0 Å². The summed E-state index contributed by atoms with van der Waals surface area (Å²) in [6.45, 7) is 0. The first-order chi connectivity index (χ1) is 27.3. The lowest BCUT2D eigenvalue weighted by Gasteiger charge is -2.42. The molecule has 0 radical (unpaired) electrons. The van der Waals surface area contributed by atoms with Gasteiger partial charge in [0, 0.05) is 16.7 Å². The van der Waals surface area contributed by atoms with Crippen LogP contribution in [-0.2, 0) is 10.8 Å². The van der Waals surface area contributed by atoms with Gasteiger partial charge in [-0.05, 0) is 84.1 Å². The topological polar surface area (TPSA) is 9.23 Å². The van der Waals surface area contributed by atoms with E-state index in [1.165, 1.54) is 66.4 Å². The molecule has 55 heavy (non-hydrogen) atoms. The van der Waals surface area contributed by atoms with Crippen LogP contribution in [0.3, 0.4) is 0 Å². The number of rotatable bonds is 3. The van der Waals surface area contributed by atoms with Crippen molar-refractivity contribution in [3.63, 3.8) is 0 Å². The Morgan fingerprint density at radius 3 is 1.60 bits per heavy atom. The van der Waals surface area contributed by atoms with E-state index in [0.717, 1.165) is 33.8 Å². The molecule has 9 aromatic rings. The fourth-order valence-corrected chi connectivity index (χ4v) is 10.5. The monoisotopic (exact) mass is 698 g/mol. The number of ether oxygens (including phenoxy) is 1. The predicted octanol–water partition coefficient (Wildman–Crippen LogP) is 13.3. The number of fused-ring (bicyclic) bond motifs is 14. The van der Waals surface area contributed by atoms with Crippen LogP contribution >= 0.6 is 0 Å². The minimum Gasteiger partial charge on any atom is -0.456 e. The Labute approximate surface area is 320 Å². The van der Waals surface area contributed by atoms with Gasteiger partial charge >= 0.3 is 0 Å². The summed E-state index contributed by atoms with van der Waals surface area (Å²) < 4.78 is 7.13. The van der Waals surface area contributed by atoms with E-state index in [0.29, 0.717) is 0 Å². The van der Waals surface area contributed by atoms with Gasteiger partial charge in [-0.1, -0.05) is 194 Å². The molecular formula is C54H34O. The van der Waals surface area contributed by atoms with Gasteiger partial charge in [0.15, 0.2) is 0 Å². The average molecular weight is 699 g/mol. The van der Waals surface area contributed by atoms with Crippen molar-refractivity contribution in [2.75, 3.05) is 0 Å². The molecule has 256 valence electrons. The number of para-hydroxylation sites is 2. The van der Waals surface area contributed by atoms with E-state index in [9.17, 15) is 0 Å². The lowest BCUT2D eigenvalue weighted by Crippen LogP contribution is -2.34. The largest absolute Gasteiger partial charge is 0.456 e. The second-order valence-electron chi connectivity index (χ2n) is 15.1. The number of hydrogen-bond donors (Lipinski definition) is 0. The fourth-order valence-electron chi connectivity index (χ4n) is 10.5. The molecule has 0 bridgehead atoms. The van der Waals surface area contributed by atoms with Crippen molar-refractivity contribution in [2.24, 2.45) is 0 Å². The molecule has 1 heteroatoms. The third kappa shape index (κ3) is 3.87. The second-order valence-corrected chi connectivity index (χ2v) is 15.1. The summed E-state index contributed by atoms with van der Waals surface area (Å²) in [7, 11) is 0. The second kappa shape index (κ2) is 11.3. The van der Waals surface area contributed by atoms with E-state index in [1.807, 2.05) is 0 Å². The molecule has 1 nitrogen and oxygen atoms in total. The summed E-state index contributed by atoms with van der Waals surface area (Å²) in [6, 6.07) is 76.1. The summed E-state index contributed by atoms with van der Waals surface area (Å²) in [6.07, 6.45) is 0. The van der Waals surface area contributed by atoms with Crippen molar-refractivity contribution in [2.45, 2.75) is 10.8 Å². The Morgan fingerprint density at radius 2 is 0.873 bits per heavy atom. The van der Waals surface area contributed by atoms with Gasteiger partial charge in [-0.15, -0.1) is 0 Å². The zero-order valence-electron chi connectivity index (χ0n) is 30.0. The Bertz CT molecular complexity index is 2930. The van der Waals surface area contributed by atoms with E-state index in [-0.39, 0.29) is 0 Å². The maximum Gasteiger partial charge on any atom is 0.140 e. The van der Waals surface area contributed by atoms with Crippen molar-refractivity contribution >= 4 is 10.8 Å². The van der Waals surface area contributed by atoms with Gasteiger partial charge in [-0.2, -0.15) is 0 Å². The SMILES string of the molecule is c1ccc(C2(c3ccccc3)c3ccccc3Oc3c(-c4ccc5c(c4)C4(c6ccccc6-c6ccccc64)c4c-5ccc5ccccc45)cccc32)cc1. The average Bonchev–Trinajstić information content (AvgIpc) is 3.73. The summed E-state index contributed by atoms with van der Waals surface area (Å²) >= 11 is 0. The molecule has 12 rings (SSSR count). The van der Waals surface area contributed by atoms with E-state index in [4.69, 9.17) is 4.74 Å². The van der Waals surface area contributed by atoms with Gasteiger partial charge in [-0.3, -0.25) is 0 Å². The molecule has 0 saturated carbocycles. The van der Waals surface area contributed by atoms with Gasteiger partial charge in [0.2, 0.25) is 0 Å². The zero-order chi connectivity index (χ0) is 36.1. The molecule has 0 atom stereocenters. The minimum atomic E-state index is -0.584. The highest BCUT2D eigenvalue weighted by Gasteiger charge is 2.53. The molecule has 1 aliphatic heterocycles. The first-order valence-corrected chi connectivity index (χ1v) is 19.2. The van der Waals surface area contributed by atoms with Crippen LogP contribution in [0.25, 0.3) is 44.2 Å². The highest BCUT2D eigenvalue weighted by molar-refractivity contribution is 6.04. The molecule has 0 N–H and O–H groups in total. The predicted molar refractivity (Wildman–Crippen MR) is 224 cm³/mol. The molecule has 0 aromatic heterocycles. The summed E-state index contributed by atoms with van der Waals surface area (Å²) in [5.41, 5.74) is 16.5. The quantitative estimate of drug-likeness (QED) is 0.178. The third-order valence-corrected chi connectivity index (χ3v) is 12.6. The van der Waals surface area contributed by atoms with Gasteiger partial charge in [0.25, 0.3) is 0 Å². The maximum atomic E-state index is 7.13. The van der Waals surface area contributed by atoms with Crippen LogP contribution in [0.15, 0.2) is 206 Å². The van der Waals surface area contributed by atoms with Crippen LogP contribution in [0.5, 0.6) is 11.5 Å². The minimum absolute atomic E-state index is 0.477. The van der Waals surface area contributed by atoms with Crippen molar-refractivity contribution < 1.29 is 4.74 Å². The van der Waals surface area contributed by atoms with Crippen molar-refractivity contribution in [3.05, 3.63) is 251 Å². The third-order valence-electron chi connectivity index (χ3n) is 12.6. The van der Waals surface area contributed by atoms with Crippen LogP contribution in [0, 0.1) is 0 Å². The van der Waals surface area contributed by atoms with E-state index in [1.54, 1.807) is 0 Å². The normalized spacial score (nSPS) is 14.6. The fraction of sp³-hybridized carbons (Fsp3) is 0.0370. The van der Waals surface area contributed by atoms with Crippen LogP contribution < -0.4 is 4.74 Å². The van der Waals surface area contributed by atoms with Gasteiger partial charge in [-0.25, -0.2) is 0 Å². The van der Waals surface area contributed by atoms with Crippen LogP contribution in [0.4, 0.5) is 0 Å². The summed E-state index contributed by atoms with van der Waals surface area (Å²) in [5, 5.41) is 2.56. The first-order valence-electron chi connectivity index (χ1n) is 19.2. The van der Waals surface area contributed by atoms with Crippen LogP contribution in [0.2, 0.25) is 0 Å². The molecule has 9 aromatic carbocycles. The molecule has 2 aliphatic carbocycles. The maximum absolute atomic E-state index is 7.13. The molecule has 3 aliphatic rings. The molecular weight excluding hydrogens is 665 g/mol. The molecule has 0 amide bonds. The summed E-state index contributed by atoms with van der Waals surface area (Å²) in [4.78, 5) is 0. The lowest BCUT2D eigenvalue weighted by molar-refractivity contribution is 0.436. The molecule has 0 fully saturated rings. The van der Waals surface area contributed by atoms with Crippen molar-refractivity contribution in [1.82, 2.24) is 0 Å². The van der Waals surface area contributed by atoms with Crippen LogP contribution in [-0.4, -0.2) is 0 Å². The van der Waals surface area contributed by atoms with Crippen LogP contribution in [0.1, 0.15) is 44.5 Å². The standard InChI is InChI=1S/C54H34O/c1-3-17-37(18-4-1)53(38-19-5-2-6-20-38)47-27-13-14-29-50(47)55-52-40(24-15-28-48(52)53)36-31-32-43-44-33-30-35-16-7-8-21-39(35)51(44)54(49(43)34-36)45-25-11-9-22-41(45)42-23-10-12-26-46(42)54/h1-34H. The Balaban J connectivity index is 1.17. The Hall–Kier alpha value is -6.96. The van der Waals surface area contributed by atoms with Crippen molar-refractivity contribution in [1.29, 1.82) is 0 Å². The highest BCUT2D eigenvalue weighted by Crippen LogP contribution is 2.65. The zero-order valence-corrected chi connectivity index (χ0v) is 30.0. The van der Waals surface area contributed by atoms with E-state index in [2.05, 4.69) is 206 Å². The Morgan fingerprint density at radius 1 is 0.327 bits per heavy atom. The molecule has 0 saturated heterocycles. The Kier molecular flexibility index (Phi) is 6.25. The number of benzene rings is 9. The highest BCUT2D eigenvalue weighted by atomic mass is 16.5. The summed E-state index contributed by atoms with van der Waals surface area (Å²) in [5.74, 6) is 1.78. The number of hydrogen-bond acceptors (Lipinski definition) is 1. The molecule has 1 heterocycles.